The lowest BCUT2D eigenvalue weighted by molar-refractivity contribution is 0.445. The molecule has 1 atom stereocenters. The molecule has 0 N–H and O–H groups in total. The molecule has 26 heavy (non-hydrogen) atoms. The number of benzene rings is 2. The Morgan fingerprint density at radius 2 is 2.04 bits per heavy atom. The van der Waals surface area contributed by atoms with Crippen LogP contribution < -0.4 is 0 Å². The summed E-state index contributed by atoms with van der Waals surface area (Å²) in [6.07, 6.45) is 5.51. The zero-order valence-corrected chi connectivity index (χ0v) is 16.9. The number of aromatic nitrogens is 3. The van der Waals surface area contributed by atoms with E-state index >= 15 is 0 Å². The lowest BCUT2D eigenvalue weighted by Gasteiger charge is -2.23. The Morgan fingerprint density at radius 3 is 2.92 bits per heavy atom. The molecule has 0 fully saturated rings. The van der Waals surface area contributed by atoms with Crippen LogP contribution in [0, 0.1) is 10.5 Å². The van der Waals surface area contributed by atoms with Crippen molar-refractivity contribution in [3.05, 3.63) is 79.9 Å². The van der Waals surface area contributed by atoms with E-state index in [1.165, 1.54) is 31.4 Å². The molecule has 2 aliphatic rings. The second-order valence-electron chi connectivity index (χ2n) is 7.26. The molecule has 2 aromatic carbocycles. The van der Waals surface area contributed by atoms with Crippen molar-refractivity contribution in [1.82, 2.24) is 14.8 Å². The number of halogens is 1. The van der Waals surface area contributed by atoms with Gasteiger partial charge in [0, 0.05) is 28.0 Å². The Hall–Kier alpha value is -1.95. The van der Waals surface area contributed by atoms with Crippen LogP contribution in [-0.4, -0.2) is 14.8 Å². The van der Waals surface area contributed by atoms with Crippen molar-refractivity contribution < 1.29 is 0 Å². The molecule has 1 unspecified atom stereocenters. The zero-order valence-electron chi connectivity index (χ0n) is 14.7. The molecule has 1 aromatic heterocycles. The molecule has 0 amide bonds. The van der Waals surface area contributed by atoms with Crippen LogP contribution in [0.15, 0.2) is 42.5 Å². The summed E-state index contributed by atoms with van der Waals surface area (Å²) in [6.45, 7) is 3.17. The molecule has 130 valence electrons. The summed E-state index contributed by atoms with van der Waals surface area (Å²) in [4.78, 5) is 5.02. The highest BCUT2D eigenvalue weighted by atomic mass is 127. The molecule has 3 nitrogen and oxygen atoms in total. The molecule has 3 aromatic rings. The molecular formula is C22H20IN3. The molecule has 0 bridgehead atoms. The lowest BCUT2D eigenvalue weighted by atomic mass is 9.88. The van der Waals surface area contributed by atoms with Gasteiger partial charge >= 0.3 is 0 Å². The maximum atomic E-state index is 5.02. The van der Waals surface area contributed by atoms with Crippen LogP contribution in [0.4, 0.5) is 0 Å². The first-order valence-corrected chi connectivity index (χ1v) is 10.3. The van der Waals surface area contributed by atoms with Crippen LogP contribution in [0.1, 0.15) is 52.7 Å². The van der Waals surface area contributed by atoms with Gasteiger partial charge < -0.3 is 0 Å². The van der Waals surface area contributed by atoms with Crippen LogP contribution in [-0.2, 0) is 13.0 Å². The highest BCUT2D eigenvalue weighted by molar-refractivity contribution is 14.1. The van der Waals surface area contributed by atoms with E-state index in [0.29, 0.717) is 5.92 Å². The summed E-state index contributed by atoms with van der Waals surface area (Å²) >= 11 is 2.37. The molecule has 0 spiro atoms. The third-order valence-electron chi connectivity index (χ3n) is 5.54. The molecule has 4 heteroatoms. The predicted octanol–water partition coefficient (Wildman–Crippen LogP) is 5.21. The van der Waals surface area contributed by atoms with Crippen LogP contribution in [0.5, 0.6) is 0 Å². The topological polar surface area (TPSA) is 30.7 Å². The normalized spacial score (nSPS) is 18.4. The first-order chi connectivity index (χ1) is 12.7. The molecule has 1 aliphatic carbocycles. The zero-order chi connectivity index (χ0) is 17.7. The number of hydrogen-bond donors (Lipinski definition) is 0. The minimum absolute atomic E-state index is 0.358. The van der Waals surface area contributed by atoms with Gasteiger partial charge in [-0.2, -0.15) is 5.10 Å². The summed E-state index contributed by atoms with van der Waals surface area (Å²) in [5.74, 6) is 2.40. The monoisotopic (exact) mass is 453 g/mol. The maximum absolute atomic E-state index is 5.02. The number of rotatable bonds is 2. The number of allylic oxidation sites excluding steroid dienone is 1. The predicted molar refractivity (Wildman–Crippen MR) is 113 cm³/mol. The van der Waals surface area contributed by atoms with E-state index in [2.05, 4.69) is 82.7 Å². The maximum Gasteiger partial charge on any atom is 0.177 e. The Bertz CT molecular complexity index is 1030. The number of fused-ring (bicyclic) bond motifs is 2. The van der Waals surface area contributed by atoms with Gasteiger partial charge in [-0.15, -0.1) is 0 Å². The van der Waals surface area contributed by atoms with E-state index in [-0.39, 0.29) is 0 Å². The van der Waals surface area contributed by atoms with E-state index in [1.807, 2.05) is 0 Å². The summed E-state index contributed by atoms with van der Waals surface area (Å²) in [7, 11) is 0. The number of aryl methyl sites for hydroxylation is 2. The van der Waals surface area contributed by atoms with E-state index in [1.54, 1.807) is 0 Å². The number of hydrogen-bond acceptors (Lipinski definition) is 2. The van der Waals surface area contributed by atoms with Gasteiger partial charge in [-0.25, -0.2) is 9.67 Å². The van der Waals surface area contributed by atoms with Crippen molar-refractivity contribution in [3.63, 3.8) is 0 Å². The van der Waals surface area contributed by atoms with Crippen LogP contribution in [0.3, 0.4) is 0 Å². The fraction of sp³-hybridized carbons (Fsp3) is 0.273. The van der Waals surface area contributed by atoms with E-state index in [4.69, 9.17) is 10.1 Å². The van der Waals surface area contributed by atoms with Crippen molar-refractivity contribution >= 4 is 34.2 Å². The molecule has 5 rings (SSSR count). The molecule has 2 heterocycles. The summed E-state index contributed by atoms with van der Waals surface area (Å²) < 4.78 is 3.42. The molecular weight excluding hydrogens is 433 g/mol. The van der Waals surface area contributed by atoms with Crippen LogP contribution in [0.25, 0.3) is 11.6 Å². The van der Waals surface area contributed by atoms with Crippen molar-refractivity contribution in [3.8, 4) is 0 Å². The minimum Gasteiger partial charge on any atom is -0.249 e. The van der Waals surface area contributed by atoms with Gasteiger partial charge in [-0.1, -0.05) is 30.3 Å². The standard InChI is InChI=1S/C22H20IN3/c1-14-5-2-3-6-19(14)20-7-4-10-26-22(20)24-21(25-26)17-11-15-8-9-18(23)13-16(15)12-17/h2-3,5-6,8-9,12-13,20H,4,7,10-11H2,1H3. The van der Waals surface area contributed by atoms with Gasteiger partial charge in [0.05, 0.1) is 0 Å². The van der Waals surface area contributed by atoms with Gasteiger partial charge in [-0.3, -0.25) is 0 Å². The largest absolute Gasteiger partial charge is 0.249 e. The lowest BCUT2D eigenvalue weighted by Crippen LogP contribution is -2.18. The highest BCUT2D eigenvalue weighted by Gasteiger charge is 2.28. The Kier molecular flexibility index (Phi) is 3.96. The van der Waals surface area contributed by atoms with E-state index in [9.17, 15) is 0 Å². The quantitative estimate of drug-likeness (QED) is 0.499. The van der Waals surface area contributed by atoms with Gasteiger partial charge in [0.25, 0.3) is 0 Å². The van der Waals surface area contributed by atoms with E-state index in [0.717, 1.165) is 37.5 Å². The molecule has 1 aliphatic heterocycles. The summed E-state index contributed by atoms with van der Waals surface area (Å²) in [5.41, 5.74) is 6.68. The summed E-state index contributed by atoms with van der Waals surface area (Å²) in [6, 6.07) is 15.3. The Balaban J connectivity index is 1.53. The molecule has 0 radical (unpaired) electrons. The van der Waals surface area contributed by atoms with Crippen molar-refractivity contribution in [1.29, 1.82) is 0 Å². The van der Waals surface area contributed by atoms with Crippen molar-refractivity contribution in [2.75, 3.05) is 0 Å². The molecule has 0 saturated heterocycles. The second-order valence-corrected chi connectivity index (χ2v) is 8.50. The average Bonchev–Trinajstić information content (AvgIpc) is 3.25. The SMILES string of the molecule is Cc1ccccc1C1CCCn2nc(C3=Cc4cc(I)ccc4C3)nc21. The first kappa shape index (κ1) is 16.2. The van der Waals surface area contributed by atoms with Crippen molar-refractivity contribution in [2.45, 2.75) is 38.6 Å². The third-order valence-corrected chi connectivity index (χ3v) is 6.22. The fourth-order valence-corrected chi connectivity index (χ4v) is 4.72. The van der Waals surface area contributed by atoms with Crippen molar-refractivity contribution in [2.24, 2.45) is 0 Å². The molecule has 0 saturated carbocycles. The fourth-order valence-electron chi connectivity index (χ4n) is 4.21. The summed E-state index contributed by atoms with van der Waals surface area (Å²) in [5, 5.41) is 4.88. The van der Waals surface area contributed by atoms with Gasteiger partial charge in [0.15, 0.2) is 5.82 Å². The average molecular weight is 453 g/mol. The van der Waals surface area contributed by atoms with Gasteiger partial charge in [0.1, 0.15) is 5.82 Å². The number of nitrogens with zero attached hydrogens (tertiary/aromatic N) is 3. The Labute approximate surface area is 167 Å². The van der Waals surface area contributed by atoms with Crippen LogP contribution in [0.2, 0.25) is 0 Å². The van der Waals surface area contributed by atoms with Gasteiger partial charge in [0.2, 0.25) is 0 Å². The third kappa shape index (κ3) is 2.71. The highest BCUT2D eigenvalue weighted by Crippen LogP contribution is 2.36. The minimum atomic E-state index is 0.358. The van der Waals surface area contributed by atoms with Gasteiger partial charge in [-0.05, 0) is 82.8 Å². The smallest absolute Gasteiger partial charge is 0.177 e. The first-order valence-electron chi connectivity index (χ1n) is 9.19. The Morgan fingerprint density at radius 1 is 1.15 bits per heavy atom. The second kappa shape index (κ2) is 6.34. The van der Waals surface area contributed by atoms with E-state index < -0.39 is 0 Å². The van der Waals surface area contributed by atoms with Crippen LogP contribution >= 0.6 is 22.6 Å².